The number of aromatic hydroxyl groups is 1. The van der Waals surface area contributed by atoms with E-state index in [-0.39, 0.29) is 17.1 Å². The van der Waals surface area contributed by atoms with E-state index in [1.807, 2.05) is 43.3 Å². The number of phenols is 1. The Morgan fingerprint density at radius 2 is 1.86 bits per heavy atom. The topological polar surface area (TPSA) is 46.5 Å². The molecule has 0 bridgehead atoms. The Kier molecular flexibility index (Phi) is 4.99. The molecule has 2 aromatic rings. The zero-order chi connectivity index (χ0) is 15.2. The largest absolute Gasteiger partial charge is 0.507 e. The van der Waals surface area contributed by atoms with Crippen molar-refractivity contribution >= 4 is 5.78 Å². The highest BCUT2D eigenvalue weighted by molar-refractivity contribution is 6.00. The monoisotopic (exact) mass is 284 g/mol. The van der Waals surface area contributed by atoms with Crippen molar-refractivity contribution < 1.29 is 14.6 Å². The van der Waals surface area contributed by atoms with E-state index in [1.54, 1.807) is 6.07 Å². The number of phenolic OH excluding ortho intramolecular Hbond substituents is 1. The highest BCUT2D eigenvalue weighted by Crippen LogP contribution is 2.33. The second-order valence-corrected chi connectivity index (χ2v) is 5.03. The fraction of sp³-hybridized carbons (Fsp3) is 0.278. The van der Waals surface area contributed by atoms with Crippen molar-refractivity contribution in [2.45, 2.75) is 33.3 Å². The Labute approximate surface area is 125 Å². The fourth-order valence-electron chi connectivity index (χ4n) is 2.28. The van der Waals surface area contributed by atoms with E-state index in [0.29, 0.717) is 12.4 Å². The lowest BCUT2D eigenvalue weighted by Gasteiger charge is -2.14. The molecule has 110 valence electrons. The quantitative estimate of drug-likeness (QED) is 0.811. The highest BCUT2D eigenvalue weighted by Gasteiger charge is 2.17. The van der Waals surface area contributed by atoms with E-state index >= 15 is 0 Å². The Balaban J connectivity index is 2.26. The summed E-state index contributed by atoms with van der Waals surface area (Å²) in [7, 11) is 0. The van der Waals surface area contributed by atoms with Gasteiger partial charge in [0.25, 0.3) is 0 Å². The zero-order valence-electron chi connectivity index (χ0n) is 12.4. The number of benzene rings is 2. The predicted molar refractivity (Wildman–Crippen MR) is 82.9 cm³/mol. The average molecular weight is 284 g/mol. The van der Waals surface area contributed by atoms with Gasteiger partial charge in [-0.05, 0) is 30.5 Å². The van der Waals surface area contributed by atoms with Gasteiger partial charge in [0.2, 0.25) is 0 Å². The van der Waals surface area contributed by atoms with Gasteiger partial charge in [0.1, 0.15) is 23.7 Å². The molecule has 21 heavy (non-hydrogen) atoms. The summed E-state index contributed by atoms with van der Waals surface area (Å²) >= 11 is 0. The maximum Gasteiger partial charge on any atom is 0.167 e. The number of hydrogen-bond donors (Lipinski definition) is 1. The second-order valence-electron chi connectivity index (χ2n) is 5.03. The third-order valence-corrected chi connectivity index (χ3v) is 3.33. The standard InChI is InChI=1S/C18H20O3/c1-3-7-15-10-11-16(17(13(2)19)18(15)20)21-12-14-8-5-4-6-9-14/h4-6,8-11,20H,3,7,12H2,1-2H3. The van der Waals surface area contributed by atoms with Crippen molar-refractivity contribution in [1.82, 2.24) is 0 Å². The van der Waals surface area contributed by atoms with E-state index in [2.05, 4.69) is 0 Å². The van der Waals surface area contributed by atoms with Crippen LogP contribution in [-0.4, -0.2) is 10.9 Å². The summed E-state index contributed by atoms with van der Waals surface area (Å²) in [6, 6.07) is 13.3. The molecule has 3 heteroatoms. The molecule has 0 spiro atoms. The molecule has 1 N–H and O–H groups in total. The lowest BCUT2D eigenvalue weighted by molar-refractivity contribution is 0.101. The van der Waals surface area contributed by atoms with E-state index in [4.69, 9.17) is 4.74 Å². The first-order chi connectivity index (χ1) is 10.1. The van der Waals surface area contributed by atoms with Gasteiger partial charge in [-0.2, -0.15) is 0 Å². The molecule has 2 aromatic carbocycles. The van der Waals surface area contributed by atoms with Crippen LogP contribution in [0.15, 0.2) is 42.5 Å². The molecule has 0 aliphatic carbocycles. The molecule has 0 amide bonds. The molecule has 3 nitrogen and oxygen atoms in total. The smallest absolute Gasteiger partial charge is 0.167 e. The Morgan fingerprint density at radius 1 is 1.14 bits per heavy atom. The second kappa shape index (κ2) is 6.93. The number of hydrogen-bond acceptors (Lipinski definition) is 3. The van der Waals surface area contributed by atoms with Crippen LogP contribution >= 0.6 is 0 Å². The van der Waals surface area contributed by atoms with Crippen molar-refractivity contribution in [3.63, 3.8) is 0 Å². The van der Waals surface area contributed by atoms with Crippen molar-refractivity contribution in [3.05, 3.63) is 59.2 Å². The van der Waals surface area contributed by atoms with Crippen LogP contribution in [-0.2, 0) is 13.0 Å². The van der Waals surface area contributed by atoms with Crippen LogP contribution in [0.3, 0.4) is 0 Å². The first-order valence-corrected chi connectivity index (χ1v) is 7.16. The first-order valence-electron chi connectivity index (χ1n) is 7.16. The Hall–Kier alpha value is -2.29. The molecule has 0 unspecified atom stereocenters. The van der Waals surface area contributed by atoms with Gasteiger partial charge in [-0.3, -0.25) is 4.79 Å². The van der Waals surface area contributed by atoms with Gasteiger partial charge in [-0.15, -0.1) is 0 Å². The van der Waals surface area contributed by atoms with E-state index in [0.717, 1.165) is 24.0 Å². The molecule has 0 heterocycles. The summed E-state index contributed by atoms with van der Waals surface area (Å²) in [5.41, 5.74) is 2.08. The Bertz CT molecular complexity index is 618. The van der Waals surface area contributed by atoms with Crippen LogP contribution in [0.5, 0.6) is 11.5 Å². The van der Waals surface area contributed by atoms with E-state index < -0.39 is 0 Å². The lowest BCUT2D eigenvalue weighted by Crippen LogP contribution is -2.03. The van der Waals surface area contributed by atoms with Crippen molar-refractivity contribution in [2.24, 2.45) is 0 Å². The molecule has 0 aliphatic heterocycles. The zero-order valence-corrected chi connectivity index (χ0v) is 12.4. The van der Waals surface area contributed by atoms with Crippen LogP contribution < -0.4 is 4.74 Å². The number of rotatable bonds is 6. The average Bonchev–Trinajstić information content (AvgIpc) is 2.48. The first kappa shape index (κ1) is 15.1. The van der Waals surface area contributed by atoms with Gasteiger partial charge in [-0.1, -0.05) is 49.7 Å². The SMILES string of the molecule is CCCc1ccc(OCc2ccccc2)c(C(C)=O)c1O. The van der Waals surface area contributed by atoms with Gasteiger partial charge in [0.15, 0.2) is 5.78 Å². The van der Waals surface area contributed by atoms with Gasteiger partial charge in [0, 0.05) is 0 Å². The van der Waals surface area contributed by atoms with Crippen LogP contribution in [0, 0.1) is 0 Å². The van der Waals surface area contributed by atoms with Gasteiger partial charge in [0.05, 0.1) is 0 Å². The van der Waals surface area contributed by atoms with E-state index in [9.17, 15) is 9.90 Å². The van der Waals surface area contributed by atoms with Crippen LogP contribution in [0.4, 0.5) is 0 Å². The summed E-state index contributed by atoms with van der Waals surface area (Å²) in [4.78, 5) is 11.8. The highest BCUT2D eigenvalue weighted by atomic mass is 16.5. The molecule has 2 rings (SSSR count). The minimum Gasteiger partial charge on any atom is -0.507 e. The molecule has 0 aromatic heterocycles. The van der Waals surface area contributed by atoms with Crippen LogP contribution in [0.25, 0.3) is 0 Å². The third kappa shape index (κ3) is 3.63. The summed E-state index contributed by atoms with van der Waals surface area (Å²) in [6.07, 6.45) is 1.65. The minimum absolute atomic E-state index is 0.0508. The predicted octanol–water partition coefficient (Wildman–Crippen LogP) is 4.13. The third-order valence-electron chi connectivity index (χ3n) is 3.33. The van der Waals surface area contributed by atoms with Crippen molar-refractivity contribution in [1.29, 1.82) is 0 Å². The molecule has 0 saturated heterocycles. The Morgan fingerprint density at radius 3 is 2.48 bits per heavy atom. The normalized spacial score (nSPS) is 10.4. The van der Waals surface area contributed by atoms with Crippen molar-refractivity contribution in [2.75, 3.05) is 0 Å². The minimum atomic E-state index is -0.187. The summed E-state index contributed by atoms with van der Waals surface area (Å²) in [6.45, 7) is 3.85. The van der Waals surface area contributed by atoms with Crippen LogP contribution in [0.1, 0.15) is 41.8 Å². The number of carbonyl (C=O) groups excluding carboxylic acids is 1. The number of aryl methyl sites for hydroxylation is 1. The molecule has 0 aliphatic rings. The molecular weight excluding hydrogens is 264 g/mol. The van der Waals surface area contributed by atoms with Crippen molar-refractivity contribution in [3.8, 4) is 11.5 Å². The van der Waals surface area contributed by atoms with Gasteiger partial charge < -0.3 is 9.84 Å². The molecule has 0 fully saturated rings. The van der Waals surface area contributed by atoms with Crippen LogP contribution in [0.2, 0.25) is 0 Å². The van der Waals surface area contributed by atoms with E-state index in [1.165, 1.54) is 6.92 Å². The maximum absolute atomic E-state index is 11.8. The molecule has 0 atom stereocenters. The number of Topliss-reactive ketones (excluding diaryl/α,β-unsaturated/α-hetero) is 1. The molecular formula is C18H20O3. The number of ketones is 1. The molecule has 0 saturated carbocycles. The fourth-order valence-corrected chi connectivity index (χ4v) is 2.28. The lowest BCUT2D eigenvalue weighted by atomic mass is 10.0. The van der Waals surface area contributed by atoms with Gasteiger partial charge >= 0.3 is 0 Å². The summed E-state index contributed by atoms with van der Waals surface area (Å²) in [5.74, 6) is 0.298. The molecule has 0 radical (unpaired) electrons. The summed E-state index contributed by atoms with van der Waals surface area (Å²) < 4.78 is 5.72. The van der Waals surface area contributed by atoms with Gasteiger partial charge in [-0.25, -0.2) is 0 Å². The summed E-state index contributed by atoms with van der Waals surface area (Å²) in [5, 5.41) is 10.3. The number of carbonyl (C=O) groups is 1. The maximum atomic E-state index is 11.8. The number of ether oxygens (including phenoxy) is 1.